The molecule has 17 heavy (non-hydrogen) atoms. The van der Waals surface area contributed by atoms with Gasteiger partial charge in [-0.1, -0.05) is 19.3 Å². The highest BCUT2D eigenvalue weighted by atomic mass is 16.3. The van der Waals surface area contributed by atoms with Crippen molar-refractivity contribution in [3.8, 4) is 0 Å². The maximum absolute atomic E-state index is 10.4. The average Bonchev–Trinajstić information content (AvgIpc) is 2.37. The van der Waals surface area contributed by atoms with Crippen LogP contribution in [0.15, 0.2) is 0 Å². The topological polar surface area (TPSA) is 35.5 Å². The monoisotopic (exact) mass is 240 g/mol. The van der Waals surface area contributed by atoms with Crippen LogP contribution in [-0.4, -0.2) is 46.8 Å². The van der Waals surface area contributed by atoms with E-state index in [0.717, 1.165) is 13.1 Å². The summed E-state index contributed by atoms with van der Waals surface area (Å²) in [4.78, 5) is 2.53. The molecule has 3 nitrogen and oxygen atoms in total. The molecular formula is C14H28N2O. The van der Waals surface area contributed by atoms with Crippen LogP contribution in [0.1, 0.15) is 52.9 Å². The van der Waals surface area contributed by atoms with Gasteiger partial charge in [0.25, 0.3) is 0 Å². The highest BCUT2D eigenvalue weighted by Crippen LogP contribution is 2.27. The van der Waals surface area contributed by atoms with Crippen LogP contribution in [0.5, 0.6) is 0 Å². The first-order valence-corrected chi connectivity index (χ1v) is 7.09. The molecule has 0 bridgehead atoms. The van der Waals surface area contributed by atoms with E-state index in [-0.39, 0.29) is 5.54 Å². The maximum Gasteiger partial charge on any atom is 0.0870 e. The van der Waals surface area contributed by atoms with Gasteiger partial charge in [0, 0.05) is 31.2 Å². The summed E-state index contributed by atoms with van der Waals surface area (Å²) in [5, 5.41) is 13.9. The van der Waals surface area contributed by atoms with Crippen LogP contribution in [0.25, 0.3) is 0 Å². The fourth-order valence-electron chi connectivity index (χ4n) is 3.25. The summed E-state index contributed by atoms with van der Waals surface area (Å²) in [5.74, 6) is 0. The molecule has 2 aliphatic rings. The molecule has 0 aromatic heterocycles. The summed E-state index contributed by atoms with van der Waals surface area (Å²) < 4.78 is 0. The second-order valence-corrected chi connectivity index (χ2v) is 6.93. The molecule has 1 heterocycles. The summed E-state index contributed by atoms with van der Waals surface area (Å²) in [6.45, 7) is 9.00. The number of nitrogens with zero attached hydrogens (tertiary/aromatic N) is 1. The van der Waals surface area contributed by atoms with Gasteiger partial charge in [-0.05, 0) is 33.6 Å². The maximum atomic E-state index is 10.4. The molecule has 0 aromatic rings. The Morgan fingerprint density at radius 1 is 1.06 bits per heavy atom. The zero-order chi connectivity index (χ0) is 12.5. The Morgan fingerprint density at radius 3 is 2.35 bits per heavy atom. The van der Waals surface area contributed by atoms with E-state index in [4.69, 9.17) is 0 Å². The number of rotatable bonds is 1. The summed E-state index contributed by atoms with van der Waals surface area (Å²) in [6.07, 6.45) is 6.73. The first-order valence-electron chi connectivity index (χ1n) is 7.09. The molecule has 1 saturated carbocycles. The molecule has 3 heteroatoms. The summed E-state index contributed by atoms with van der Waals surface area (Å²) in [7, 11) is 0. The predicted molar refractivity (Wildman–Crippen MR) is 71.2 cm³/mol. The van der Waals surface area contributed by atoms with Crippen molar-refractivity contribution in [1.29, 1.82) is 0 Å². The number of nitrogens with one attached hydrogen (secondary N) is 1. The first kappa shape index (κ1) is 13.3. The molecular weight excluding hydrogens is 212 g/mol. The van der Waals surface area contributed by atoms with Gasteiger partial charge >= 0.3 is 0 Å². The Kier molecular flexibility index (Phi) is 3.81. The molecule has 2 fully saturated rings. The van der Waals surface area contributed by atoms with E-state index in [1.54, 1.807) is 0 Å². The minimum atomic E-state index is -0.592. The molecule has 1 atom stereocenters. The van der Waals surface area contributed by atoms with Crippen LogP contribution in [0.4, 0.5) is 0 Å². The van der Waals surface area contributed by atoms with Gasteiger partial charge in [0.1, 0.15) is 0 Å². The van der Waals surface area contributed by atoms with Gasteiger partial charge in [-0.3, -0.25) is 4.90 Å². The molecule has 0 aromatic carbocycles. The standard InChI is InChI=1S/C14H28N2O/c1-13(2)10-16(11-14(3,17)9-15-13)12-7-5-4-6-8-12/h12,15,17H,4-11H2,1-3H3. The van der Waals surface area contributed by atoms with Crippen molar-refractivity contribution >= 4 is 0 Å². The van der Waals surface area contributed by atoms with E-state index in [2.05, 4.69) is 24.1 Å². The highest BCUT2D eigenvalue weighted by Gasteiger charge is 2.36. The Bertz CT molecular complexity index is 239. The van der Waals surface area contributed by atoms with Crippen LogP contribution < -0.4 is 5.32 Å². The van der Waals surface area contributed by atoms with E-state index in [1.165, 1.54) is 32.1 Å². The summed E-state index contributed by atoms with van der Waals surface area (Å²) in [5.41, 5.74) is -0.483. The lowest BCUT2D eigenvalue weighted by Crippen LogP contribution is -2.49. The zero-order valence-electron chi connectivity index (χ0n) is 11.6. The highest BCUT2D eigenvalue weighted by molar-refractivity contribution is 4.95. The third kappa shape index (κ3) is 3.67. The van der Waals surface area contributed by atoms with Crippen LogP contribution in [0.3, 0.4) is 0 Å². The van der Waals surface area contributed by atoms with Gasteiger partial charge in [0.2, 0.25) is 0 Å². The van der Waals surface area contributed by atoms with Crippen molar-refractivity contribution in [2.24, 2.45) is 0 Å². The van der Waals surface area contributed by atoms with Gasteiger partial charge in [-0.15, -0.1) is 0 Å². The SMILES string of the molecule is CC1(O)CNC(C)(C)CN(C2CCCCC2)C1. The summed E-state index contributed by atoms with van der Waals surface area (Å²) >= 11 is 0. The molecule has 100 valence electrons. The molecule has 1 unspecified atom stereocenters. The molecule has 0 amide bonds. The van der Waals surface area contributed by atoms with Gasteiger partial charge in [-0.2, -0.15) is 0 Å². The molecule has 1 saturated heterocycles. The van der Waals surface area contributed by atoms with E-state index < -0.39 is 5.60 Å². The zero-order valence-corrected chi connectivity index (χ0v) is 11.6. The van der Waals surface area contributed by atoms with E-state index >= 15 is 0 Å². The molecule has 1 aliphatic carbocycles. The average molecular weight is 240 g/mol. The first-order chi connectivity index (χ1) is 7.88. The Balaban J connectivity index is 2.07. The fourth-order valence-corrected chi connectivity index (χ4v) is 3.25. The van der Waals surface area contributed by atoms with Crippen molar-refractivity contribution in [3.63, 3.8) is 0 Å². The van der Waals surface area contributed by atoms with Crippen molar-refractivity contribution in [1.82, 2.24) is 10.2 Å². The largest absolute Gasteiger partial charge is 0.388 e. The van der Waals surface area contributed by atoms with E-state index in [0.29, 0.717) is 12.6 Å². The van der Waals surface area contributed by atoms with Crippen molar-refractivity contribution in [2.75, 3.05) is 19.6 Å². The second kappa shape index (κ2) is 4.87. The van der Waals surface area contributed by atoms with Gasteiger partial charge in [-0.25, -0.2) is 0 Å². The third-order valence-corrected chi connectivity index (χ3v) is 4.18. The third-order valence-electron chi connectivity index (χ3n) is 4.18. The molecule has 0 spiro atoms. The van der Waals surface area contributed by atoms with Crippen molar-refractivity contribution in [2.45, 2.75) is 70.1 Å². The minimum absolute atomic E-state index is 0.109. The molecule has 2 N–H and O–H groups in total. The van der Waals surface area contributed by atoms with Crippen molar-refractivity contribution < 1.29 is 5.11 Å². The van der Waals surface area contributed by atoms with Gasteiger partial charge < -0.3 is 10.4 Å². The lowest BCUT2D eigenvalue weighted by Gasteiger charge is -2.38. The number of hydrogen-bond acceptors (Lipinski definition) is 3. The van der Waals surface area contributed by atoms with Crippen LogP contribution in [-0.2, 0) is 0 Å². The minimum Gasteiger partial charge on any atom is -0.388 e. The van der Waals surface area contributed by atoms with Crippen LogP contribution >= 0.6 is 0 Å². The van der Waals surface area contributed by atoms with Crippen LogP contribution in [0, 0.1) is 0 Å². The molecule has 1 aliphatic heterocycles. The van der Waals surface area contributed by atoms with Crippen molar-refractivity contribution in [3.05, 3.63) is 0 Å². The number of aliphatic hydroxyl groups is 1. The predicted octanol–water partition coefficient (Wildman–Crippen LogP) is 1.75. The number of hydrogen-bond donors (Lipinski definition) is 2. The van der Waals surface area contributed by atoms with Gasteiger partial charge in [0.05, 0.1) is 5.60 Å². The molecule has 2 rings (SSSR count). The summed E-state index contributed by atoms with van der Waals surface area (Å²) in [6, 6.07) is 0.689. The Labute approximate surface area is 106 Å². The quantitative estimate of drug-likeness (QED) is 0.733. The lowest BCUT2D eigenvalue weighted by atomic mass is 9.92. The second-order valence-electron chi connectivity index (χ2n) is 6.93. The van der Waals surface area contributed by atoms with Crippen LogP contribution in [0.2, 0.25) is 0 Å². The normalized spacial score (nSPS) is 36.7. The lowest BCUT2D eigenvalue weighted by molar-refractivity contribution is 0.0151. The fraction of sp³-hybridized carbons (Fsp3) is 1.00. The van der Waals surface area contributed by atoms with E-state index in [9.17, 15) is 5.11 Å². The smallest absolute Gasteiger partial charge is 0.0870 e. The number of β-amino-alcohol motifs (C(OH)–C–C–N with tert-alkyl or cyclic N) is 1. The molecule has 0 radical (unpaired) electrons. The Morgan fingerprint density at radius 2 is 1.71 bits per heavy atom. The van der Waals surface area contributed by atoms with Gasteiger partial charge in [0.15, 0.2) is 0 Å². The van der Waals surface area contributed by atoms with E-state index in [1.807, 2.05) is 6.92 Å². The Hall–Kier alpha value is -0.120.